The molecule has 1 unspecified atom stereocenters. The summed E-state index contributed by atoms with van der Waals surface area (Å²) < 4.78 is 20.0. The number of anilines is 1. The molecule has 2 saturated heterocycles. The van der Waals surface area contributed by atoms with Crippen molar-refractivity contribution in [2.24, 2.45) is 17.8 Å². The van der Waals surface area contributed by atoms with Crippen molar-refractivity contribution in [3.8, 4) is 11.3 Å². The van der Waals surface area contributed by atoms with Gasteiger partial charge in [-0.1, -0.05) is 12.1 Å². The van der Waals surface area contributed by atoms with E-state index in [0.29, 0.717) is 11.6 Å². The van der Waals surface area contributed by atoms with Crippen molar-refractivity contribution in [1.82, 2.24) is 15.1 Å². The van der Waals surface area contributed by atoms with Gasteiger partial charge in [0, 0.05) is 50.0 Å². The third-order valence-electron chi connectivity index (χ3n) is 8.44. The molecule has 1 aromatic carbocycles. The van der Waals surface area contributed by atoms with Crippen LogP contribution in [0, 0.1) is 23.6 Å². The van der Waals surface area contributed by atoms with Crippen LogP contribution in [0.4, 0.5) is 10.2 Å². The molecule has 0 bridgehead atoms. The van der Waals surface area contributed by atoms with Crippen LogP contribution < -0.4 is 5.32 Å². The van der Waals surface area contributed by atoms with E-state index < -0.39 is 0 Å². The van der Waals surface area contributed by atoms with E-state index in [1.54, 1.807) is 6.07 Å². The van der Waals surface area contributed by atoms with Crippen molar-refractivity contribution in [1.29, 1.82) is 0 Å². The highest BCUT2D eigenvalue weighted by Crippen LogP contribution is 2.41. The Morgan fingerprint density at radius 1 is 0.970 bits per heavy atom. The van der Waals surface area contributed by atoms with Crippen LogP contribution >= 0.6 is 0 Å². The van der Waals surface area contributed by atoms with Crippen LogP contribution in [0.25, 0.3) is 11.3 Å². The molecule has 3 heterocycles. The van der Waals surface area contributed by atoms with Gasteiger partial charge in [0.25, 0.3) is 0 Å². The zero-order valence-electron chi connectivity index (χ0n) is 19.4. The fourth-order valence-electron chi connectivity index (χ4n) is 6.79. The molecule has 3 atom stereocenters. The third-order valence-corrected chi connectivity index (χ3v) is 8.44. The lowest BCUT2D eigenvalue weighted by atomic mass is 9.89. The average Bonchev–Trinajstić information content (AvgIpc) is 3.38. The van der Waals surface area contributed by atoms with Crippen molar-refractivity contribution < 1.29 is 9.13 Å². The Labute approximate surface area is 196 Å². The minimum absolute atomic E-state index is 0.214. The van der Waals surface area contributed by atoms with Crippen molar-refractivity contribution in [3.63, 3.8) is 0 Å². The predicted octanol–water partition coefficient (Wildman–Crippen LogP) is 4.71. The molecule has 0 spiro atoms. The maximum Gasteiger partial charge on any atom is 0.152 e. The van der Waals surface area contributed by atoms with E-state index in [2.05, 4.69) is 20.4 Å². The Bertz CT molecular complexity index is 978. The molecule has 0 amide bonds. The molecule has 1 N–H and O–H groups in total. The van der Waals surface area contributed by atoms with Gasteiger partial charge in [-0.25, -0.2) is 4.39 Å². The molecule has 6 heteroatoms. The molecule has 33 heavy (non-hydrogen) atoms. The maximum absolute atomic E-state index is 14.5. The minimum atomic E-state index is -0.214. The number of likely N-dealkylation sites (tertiary alicyclic amines) is 1. The number of hydrogen-bond donors (Lipinski definition) is 1. The molecular weight excluding hydrogens is 415 g/mol. The smallest absolute Gasteiger partial charge is 0.152 e. The van der Waals surface area contributed by atoms with Gasteiger partial charge in [0.1, 0.15) is 5.82 Å². The average molecular weight is 451 g/mol. The Balaban J connectivity index is 1.13. The third kappa shape index (κ3) is 4.40. The topological polar surface area (TPSA) is 50.3 Å². The summed E-state index contributed by atoms with van der Waals surface area (Å²) in [5.74, 6) is 3.15. The highest BCUT2D eigenvalue weighted by atomic mass is 19.1. The summed E-state index contributed by atoms with van der Waals surface area (Å²) in [5.41, 5.74) is 3.78. The molecule has 6 rings (SSSR count). The number of rotatable bonds is 5. The van der Waals surface area contributed by atoms with Gasteiger partial charge in [-0.3, -0.25) is 0 Å². The molecule has 2 aliphatic heterocycles. The van der Waals surface area contributed by atoms with Gasteiger partial charge in [-0.15, -0.1) is 10.2 Å². The van der Waals surface area contributed by atoms with E-state index >= 15 is 0 Å². The van der Waals surface area contributed by atoms with Crippen LogP contribution in [0.15, 0.2) is 24.3 Å². The lowest BCUT2D eigenvalue weighted by Crippen LogP contribution is -2.32. The quantitative estimate of drug-likeness (QED) is 0.715. The Morgan fingerprint density at radius 2 is 1.70 bits per heavy atom. The number of benzene rings is 1. The van der Waals surface area contributed by atoms with Crippen LogP contribution in [-0.2, 0) is 17.6 Å². The van der Waals surface area contributed by atoms with Gasteiger partial charge in [0.05, 0.1) is 5.69 Å². The van der Waals surface area contributed by atoms with Crippen molar-refractivity contribution in [2.75, 3.05) is 38.2 Å². The van der Waals surface area contributed by atoms with Crippen LogP contribution in [0.5, 0.6) is 0 Å². The number of nitrogens with zero attached hydrogens (tertiary/aromatic N) is 3. The fraction of sp³-hybridized carbons (Fsp3) is 0.630. The lowest BCUT2D eigenvalue weighted by Gasteiger charge is -2.28. The summed E-state index contributed by atoms with van der Waals surface area (Å²) in [6.45, 7) is 5.63. The zero-order chi connectivity index (χ0) is 22.2. The molecule has 1 saturated carbocycles. The van der Waals surface area contributed by atoms with E-state index in [4.69, 9.17) is 4.74 Å². The summed E-state index contributed by atoms with van der Waals surface area (Å²) in [6, 6.07) is 7.43. The monoisotopic (exact) mass is 450 g/mol. The van der Waals surface area contributed by atoms with Gasteiger partial charge in [-0.2, -0.15) is 0 Å². The van der Waals surface area contributed by atoms with Crippen molar-refractivity contribution in [3.05, 3.63) is 41.2 Å². The molecule has 0 radical (unpaired) electrons. The summed E-state index contributed by atoms with van der Waals surface area (Å²) in [6.07, 6.45) is 9.16. The Morgan fingerprint density at radius 3 is 2.45 bits per heavy atom. The Kier molecular flexibility index (Phi) is 6.05. The van der Waals surface area contributed by atoms with E-state index in [-0.39, 0.29) is 5.82 Å². The number of halogens is 1. The molecule has 3 fully saturated rings. The second kappa shape index (κ2) is 9.30. The van der Waals surface area contributed by atoms with E-state index in [9.17, 15) is 4.39 Å². The first-order chi connectivity index (χ1) is 16.2. The van der Waals surface area contributed by atoms with E-state index in [0.717, 1.165) is 61.7 Å². The number of fused-ring (bicyclic) bond motifs is 2. The molecule has 4 aliphatic rings. The first-order valence-corrected chi connectivity index (χ1v) is 12.9. The van der Waals surface area contributed by atoms with Crippen LogP contribution in [0.2, 0.25) is 0 Å². The van der Waals surface area contributed by atoms with Crippen molar-refractivity contribution >= 4 is 5.82 Å². The number of ether oxygens (including phenoxy) is 1. The molecule has 2 aliphatic carbocycles. The highest BCUT2D eigenvalue weighted by molar-refractivity contribution is 5.68. The number of hydrogen-bond acceptors (Lipinski definition) is 5. The van der Waals surface area contributed by atoms with Crippen LogP contribution in [-0.4, -0.2) is 54.0 Å². The fourth-order valence-corrected chi connectivity index (χ4v) is 6.79. The SMILES string of the molecule is Fc1ccccc1-c1nnc(NC2C[C@@H]3CN(CC4CCOCC4)C[C@@H]3C2)c2c1CCCC2. The second-order valence-electron chi connectivity index (χ2n) is 10.6. The molecular formula is C27H35FN4O. The van der Waals surface area contributed by atoms with Crippen LogP contribution in [0.1, 0.15) is 49.7 Å². The van der Waals surface area contributed by atoms with E-state index in [1.165, 1.54) is 68.9 Å². The maximum atomic E-state index is 14.5. The first kappa shape index (κ1) is 21.5. The summed E-state index contributed by atoms with van der Waals surface area (Å²) >= 11 is 0. The van der Waals surface area contributed by atoms with Gasteiger partial charge in [-0.05, 0) is 86.8 Å². The summed E-state index contributed by atoms with van der Waals surface area (Å²) in [5, 5.41) is 12.9. The molecule has 2 aromatic rings. The summed E-state index contributed by atoms with van der Waals surface area (Å²) in [7, 11) is 0. The van der Waals surface area contributed by atoms with Gasteiger partial charge < -0.3 is 15.0 Å². The highest BCUT2D eigenvalue weighted by Gasteiger charge is 2.41. The molecule has 176 valence electrons. The standard InChI is InChI=1S/C27H35FN4O/c28-25-8-4-3-7-24(25)26-22-5-1-2-6-23(22)27(31-30-26)29-21-13-19-16-32(17-20(19)14-21)15-18-9-11-33-12-10-18/h3-4,7-8,18-21H,1-2,5-6,9-17H2,(H,29,31)/t19-,20+,21?. The van der Waals surface area contributed by atoms with Crippen LogP contribution in [0.3, 0.4) is 0 Å². The first-order valence-electron chi connectivity index (χ1n) is 12.9. The molecule has 1 aromatic heterocycles. The number of nitrogens with one attached hydrogen (secondary N) is 1. The zero-order valence-corrected chi connectivity index (χ0v) is 19.4. The number of aromatic nitrogens is 2. The minimum Gasteiger partial charge on any atom is -0.381 e. The molecule has 5 nitrogen and oxygen atoms in total. The second-order valence-corrected chi connectivity index (χ2v) is 10.6. The lowest BCUT2D eigenvalue weighted by molar-refractivity contribution is 0.0545. The van der Waals surface area contributed by atoms with Gasteiger partial charge >= 0.3 is 0 Å². The largest absolute Gasteiger partial charge is 0.381 e. The van der Waals surface area contributed by atoms with Gasteiger partial charge in [0.2, 0.25) is 0 Å². The summed E-state index contributed by atoms with van der Waals surface area (Å²) in [4.78, 5) is 2.71. The van der Waals surface area contributed by atoms with E-state index in [1.807, 2.05) is 12.1 Å². The van der Waals surface area contributed by atoms with Crippen molar-refractivity contribution in [2.45, 2.75) is 57.4 Å². The van der Waals surface area contributed by atoms with Gasteiger partial charge in [0.15, 0.2) is 5.82 Å². The Hall–Kier alpha value is -2.05. The predicted molar refractivity (Wildman–Crippen MR) is 128 cm³/mol. The normalized spacial score (nSPS) is 28.0.